The number of carbonyl (C=O) groups excluding carboxylic acids is 3. The van der Waals surface area contributed by atoms with E-state index in [9.17, 15) is 14.4 Å². The van der Waals surface area contributed by atoms with E-state index < -0.39 is 6.10 Å². The van der Waals surface area contributed by atoms with Crippen LogP contribution in [0.1, 0.15) is 329 Å². The zero-order valence-corrected chi connectivity index (χ0v) is 45.2. The maximum Gasteiger partial charge on any atom is 0.306 e. The van der Waals surface area contributed by atoms with Gasteiger partial charge in [0.1, 0.15) is 13.2 Å². The summed E-state index contributed by atoms with van der Waals surface area (Å²) >= 11 is 0. The molecule has 0 aliphatic rings. The average Bonchev–Trinajstić information content (AvgIpc) is 3.33. The maximum absolute atomic E-state index is 12.8. The first kappa shape index (κ1) is 64.9. The lowest BCUT2D eigenvalue weighted by Crippen LogP contribution is -2.30. The topological polar surface area (TPSA) is 78.9 Å². The Labute approximate surface area is 417 Å². The van der Waals surface area contributed by atoms with Gasteiger partial charge in [-0.1, -0.05) is 283 Å². The molecule has 6 nitrogen and oxygen atoms in total. The van der Waals surface area contributed by atoms with E-state index in [1.165, 1.54) is 225 Å². The normalized spacial score (nSPS) is 12.1. The first-order chi connectivity index (χ1) is 33.0. The van der Waals surface area contributed by atoms with Crippen molar-refractivity contribution in [2.45, 2.75) is 335 Å². The highest BCUT2D eigenvalue weighted by molar-refractivity contribution is 5.71. The molecule has 67 heavy (non-hydrogen) atoms. The fraction of sp³-hybridized carbons (Fsp3) is 0.885. The van der Waals surface area contributed by atoms with Gasteiger partial charge in [-0.15, -0.1) is 0 Å². The summed E-state index contributed by atoms with van der Waals surface area (Å²) in [4.78, 5) is 38.0. The molecule has 0 radical (unpaired) electrons. The summed E-state index contributed by atoms with van der Waals surface area (Å²) in [6.07, 6.45) is 66.3. The van der Waals surface area contributed by atoms with Crippen LogP contribution in [-0.4, -0.2) is 37.2 Å². The second-order valence-electron chi connectivity index (χ2n) is 20.3. The molecule has 0 heterocycles. The summed E-state index contributed by atoms with van der Waals surface area (Å²) in [7, 11) is 0. The first-order valence-electron chi connectivity index (χ1n) is 29.8. The summed E-state index contributed by atoms with van der Waals surface area (Å²) in [6, 6.07) is 0. The van der Waals surface area contributed by atoms with Crippen molar-refractivity contribution in [2.75, 3.05) is 13.2 Å². The standard InChI is InChI=1S/C61H114O6/c1-4-7-10-13-16-18-20-22-24-26-28-29-30-31-33-34-36-38-40-42-45-48-51-54-60(63)66-57-58(56-65-59(62)53-50-47-44-15-12-9-6-3)67-61(64)55-52-49-46-43-41-39-37-35-32-27-25-23-21-19-17-14-11-8-5-2/h17,19,23,25,58H,4-16,18,20-22,24,26-57H2,1-3H3/b19-17-,25-23-. The molecular weight excluding hydrogens is 829 g/mol. The second-order valence-corrected chi connectivity index (χ2v) is 20.3. The molecule has 394 valence electrons. The highest BCUT2D eigenvalue weighted by Crippen LogP contribution is 2.17. The fourth-order valence-electron chi connectivity index (χ4n) is 8.95. The van der Waals surface area contributed by atoms with Crippen LogP contribution in [0, 0.1) is 0 Å². The highest BCUT2D eigenvalue weighted by atomic mass is 16.6. The van der Waals surface area contributed by atoms with E-state index >= 15 is 0 Å². The van der Waals surface area contributed by atoms with Crippen LogP contribution in [0.25, 0.3) is 0 Å². The molecule has 0 amide bonds. The van der Waals surface area contributed by atoms with E-state index in [-0.39, 0.29) is 31.1 Å². The van der Waals surface area contributed by atoms with Crippen molar-refractivity contribution in [2.24, 2.45) is 0 Å². The van der Waals surface area contributed by atoms with Gasteiger partial charge >= 0.3 is 17.9 Å². The van der Waals surface area contributed by atoms with Gasteiger partial charge in [0.05, 0.1) is 0 Å². The van der Waals surface area contributed by atoms with Crippen LogP contribution < -0.4 is 0 Å². The summed E-state index contributed by atoms with van der Waals surface area (Å²) in [6.45, 7) is 6.62. The molecular formula is C61H114O6. The van der Waals surface area contributed by atoms with E-state index in [1.54, 1.807) is 0 Å². The molecule has 0 fully saturated rings. The SMILES string of the molecule is CCCCC/C=C\C/C=C\CCCCCCCCCCCC(=O)OC(COC(=O)CCCCCCCCC)COC(=O)CCCCCCCCCCCCCCCCCCCCCCCCC. The van der Waals surface area contributed by atoms with Crippen molar-refractivity contribution < 1.29 is 28.6 Å². The molecule has 0 saturated carbocycles. The predicted molar refractivity (Wildman–Crippen MR) is 289 cm³/mol. The number of rotatable bonds is 55. The summed E-state index contributed by atoms with van der Waals surface area (Å²) in [5.41, 5.74) is 0. The minimum Gasteiger partial charge on any atom is -0.462 e. The molecule has 0 aliphatic heterocycles. The van der Waals surface area contributed by atoms with Gasteiger partial charge in [-0.2, -0.15) is 0 Å². The number of unbranched alkanes of at least 4 members (excludes halogenated alkanes) is 40. The predicted octanol–water partition coefficient (Wildman–Crippen LogP) is 19.9. The smallest absolute Gasteiger partial charge is 0.306 e. The zero-order chi connectivity index (χ0) is 48.6. The van der Waals surface area contributed by atoms with E-state index in [0.717, 1.165) is 64.2 Å². The van der Waals surface area contributed by atoms with Gasteiger partial charge in [0, 0.05) is 19.3 Å². The van der Waals surface area contributed by atoms with Gasteiger partial charge < -0.3 is 14.2 Å². The van der Waals surface area contributed by atoms with Crippen molar-refractivity contribution >= 4 is 17.9 Å². The summed E-state index contributed by atoms with van der Waals surface area (Å²) in [5.74, 6) is -0.859. The number of carbonyl (C=O) groups is 3. The molecule has 0 aromatic rings. The largest absolute Gasteiger partial charge is 0.462 e. The van der Waals surface area contributed by atoms with Gasteiger partial charge in [-0.05, 0) is 51.4 Å². The second kappa shape index (κ2) is 56.5. The molecule has 0 aliphatic carbocycles. The lowest BCUT2D eigenvalue weighted by molar-refractivity contribution is -0.167. The lowest BCUT2D eigenvalue weighted by Gasteiger charge is -2.18. The summed E-state index contributed by atoms with van der Waals surface area (Å²) < 4.78 is 16.8. The summed E-state index contributed by atoms with van der Waals surface area (Å²) in [5, 5.41) is 0. The van der Waals surface area contributed by atoms with Crippen LogP contribution in [-0.2, 0) is 28.6 Å². The van der Waals surface area contributed by atoms with Gasteiger partial charge in [0.2, 0.25) is 0 Å². The van der Waals surface area contributed by atoms with E-state index in [2.05, 4.69) is 45.1 Å². The van der Waals surface area contributed by atoms with Crippen LogP contribution in [0.5, 0.6) is 0 Å². The zero-order valence-electron chi connectivity index (χ0n) is 45.2. The van der Waals surface area contributed by atoms with Crippen LogP contribution in [0.4, 0.5) is 0 Å². The average molecular weight is 944 g/mol. The van der Waals surface area contributed by atoms with Crippen molar-refractivity contribution in [3.8, 4) is 0 Å². The molecule has 0 saturated heterocycles. The third kappa shape index (κ3) is 54.7. The van der Waals surface area contributed by atoms with Crippen LogP contribution in [0.15, 0.2) is 24.3 Å². The van der Waals surface area contributed by atoms with Crippen molar-refractivity contribution in [1.82, 2.24) is 0 Å². The quantitative estimate of drug-likeness (QED) is 0.0262. The fourth-order valence-corrected chi connectivity index (χ4v) is 8.95. The van der Waals surface area contributed by atoms with Crippen molar-refractivity contribution in [3.63, 3.8) is 0 Å². The maximum atomic E-state index is 12.8. The van der Waals surface area contributed by atoms with E-state index in [1.807, 2.05) is 0 Å². The van der Waals surface area contributed by atoms with Crippen LogP contribution in [0.3, 0.4) is 0 Å². The molecule has 0 aromatic carbocycles. The number of hydrogen-bond donors (Lipinski definition) is 0. The number of ether oxygens (including phenoxy) is 3. The Morgan fingerprint density at radius 1 is 0.299 bits per heavy atom. The van der Waals surface area contributed by atoms with Crippen molar-refractivity contribution in [3.05, 3.63) is 24.3 Å². The number of hydrogen-bond acceptors (Lipinski definition) is 6. The molecule has 0 rings (SSSR count). The number of allylic oxidation sites excluding steroid dienone is 4. The van der Waals surface area contributed by atoms with Gasteiger partial charge in [-0.3, -0.25) is 14.4 Å². The van der Waals surface area contributed by atoms with Crippen LogP contribution in [0.2, 0.25) is 0 Å². The molecule has 0 spiro atoms. The van der Waals surface area contributed by atoms with Gasteiger partial charge in [0.15, 0.2) is 6.10 Å². The van der Waals surface area contributed by atoms with E-state index in [0.29, 0.717) is 19.3 Å². The van der Waals surface area contributed by atoms with Crippen LogP contribution >= 0.6 is 0 Å². The minimum absolute atomic E-state index is 0.0680. The Kier molecular flexibility index (Phi) is 54.7. The third-order valence-corrected chi connectivity index (χ3v) is 13.5. The van der Waals surface area contributed by atoms with Crippen molar-refractivity contribution in [1.29, 1.82) is 0 Å². The Bertz CT molecular complexity index is 1080. The molecule has 1 unspecified atom stereocenters. The first-order valence-corrected chi connectivity index (χ1v) is 29.8. The molecule has 0 aromatic heterocycles. The monoisotopic (exact) mass is 943 g/mol. The molecule has 6 heteroatoms. The highest BCUT2D eigenvalue weighted by Gasteiger charge is 2.19. The minimum atomic E-state index is -0.767. The molecule has 1 atom stereocenters. The lowest BCUT2D eigenvalue weighted by atomic mass is 10.0. The Morgan fingerprint density at radius 2 is 0.537 bits per heavy atom. The molecule has 0 N–H and O–H groups in total. The Hall–Kier alpha value is -2.11. The Balaban J connectivity index is 4.11. The van der Waals surface area contributed by atoms with Gasteiger partial charge in [-0.25, -0.2) is 0 Å². The van der Waals surface area contributed by atoms with E-state index in [4.69, 9.17) is 14.2 Å². The molecule has 0 bridgehead atoms. The van der Waals surface area contributed by atoms with Gasteiger partial charge in [0.25, 0.3) is 0 Å². The Morgan fingerprint density at radius 3 is 0.851 bits per heavy atom. The third-order valence-electron chi connectivity index (χ3n) is 13.5. The number of esters is 3.